The number of amides is 1. The number of hydrogen-bond acceptors (Lipinski definition) is 5. The highest BCUT2D eigenvalue weighted by atomic mass is 127. The molecule has 2 aromatic rings. The summed E-state index contributed by atoms with van der Waals surface area (Å²) in [6, 6.07) is 4.44. The van der Waals surface area contributed by atoms with Gasteiger partial charge in [-0.15, -0.1) is 35.3 Å². The van der Waals surface area contributed by atoms with Gasteiger partial charge in [0, 0.05) is 37.8 Å². The van der Waals surface area contributed by atoms with E-state index in [4.69, 9.17) is 4.99 Å². The van der Waals surface area contributed by atoms with E-state index >= 15 is 0 Å². The highest BCUT2D eigenvalue weighted by Gasteiger charge is 2.28. The molecule has 1 fully saturated rings. The van der Waals surface area contributed by atoms with Gasteiger partial charge in [-0.3, -0.25) is 14.5 Å². The van der Waals surface area contributed by atoms with Crippen LogP contribution in [0.1, 0.15) is 17.8 Å². The number of piperazine rings is 1. The summed E-state index contributed by atoms with van der Waals surface area (Å²) < 4.78 is 1.71. The molecule has 8 nitrogen and oxygen atoms in total. The zero-order valence-corrected chi connectivity index (χ0v) is 20.6. The third kappa shape index (κ3) is 5.92. The van der Waals surface area contributed by atoms with Gasteiger partial charge in [0.25, 0.3) is 0 Å². The van der Waals surface area contributed by atoms with Crippen LogP contribution in [-0.4, -0.2) is 78.3 Å². The quantitative estimate of drug-likeness (QED) is 0.351. The third-order valence-electron chi connectivity index (χ3n) is 4.77. The van der Waals surface area contributed by atoms with Crippen LogP contribution >= 0.6 is 35.3 Å². The van der Waals surface area contributed by atoms with Gasteiger partial charge in [0.1, 0.15) is 6.54 Å². The van der Waals surface area contributed by atoms with Crippen molar-refractivity contribution in [3.8, 4) is 0 Å². The largest absolute Gasteiger partial charge is 0.357 e. The number of anilines is 1. The Labute approximate surface area is 193 Å². The van der Waals surface area contributed by atoms with E-state index in [1.807, 2.05) is 25.1 Å². The van der Waals surface area contributed by atoms with E-state index in [-0.39, 0.29) is 35.9 Å². The Morgan fingerprint density at radius 2 is 2.21 bits per heavy atom. The Bertz CT molecular complexity index is 805. The van der Waals surface area contributed by atoms with Crippen LogP contribution in [0.4, 0.5) is 5.69 Å². The average Bonchev–Trinajstić information content (AvgIpc) is 3.33. The van der Waals surface area contributed by atoms with E-state index < -0.39 is 0 Å². The highest BCUT2D eigenvalue weighted by Crippen LogP contribution is 2.23. The number of aryl methyl sites for hydroxylation is 1. The maximum absolute atomic E-state index is 12.7. The molecule has 0 saturated carbocycles. The fraction of sp³-hybridized carbons (Fsp3) is 0.526. The fourth-order valence-electron chi connectivity index (χ4n) is 3.26. The van der Waals surface area contributed by atoms with E-state index in [1.165, 1.54) is 4.88 Å². The minimum atomic E-state index is 0. The lowest BCUT2D eigenvalue weighted by atomic mass is 10.2. The topological polar surface area (TPSA) is 69.0 Å². The summed E-state index contributed by atoms with van der Waals surface area (Å²) in [5.41, 5.74) is 0.847. The van der Waals surface area contributed by atoms with Crippen LogP contribution in [0.5, 0.6) is 0 Å². The van der Waals surface area contributed by atoms with Gasteiger partial charge in [-0.2, -0.15) is 5.10 Å². The Kier molecular flexibility index (Phi) is 8.90. The Morgan fingerprint density at radius 1 is 1.41 bits per heavy atom. The summed E-state index contributed by atoms with van der Waals surface area (Å²) in [6.07, 6.45) is 3.60. The smallest absolute Gasteiger partial charge is 0.246 e. The molecule has 0 spiro atoms. The molecule has 160 valence electrons. The molecule has 1 atom stereocenters. The van der Waals surface area contributed by atoms with Crippen LogP contribution in [0.15, 0.2) is 34.9 Å². The molecule has 0 aromatic carbocycles. The average molecular weight is 531 g/mol. The Hall–Kier alpha value is -1.66. The lowest BCUT2D eigenvalue weighted by Crippen LogP contribution is -2.55. The van der Waals surface area contributed by atoms with Crippen molar-refractivity contribution in [1.29, 1.82) is 0 Å². The number of thiophene rings is 1. The van der Waals surface area contributed by atoms with Gasteiger partial charge in [0.2, 0.25) is 5.91 Å². The molecular formula is C19H30IN7OS. The van der Waals surface area contributed by atoms with Crippen molar-refractivity contribution in [1.82, 2.24) is 24.9 Å². The van der Waals surface area contributed by atoms with Crippen molar-refractivity contribution >= 4 is 52.9 Å². The number of carbonyl (C=O) groups is 1. The molecule has 29 heavy (non-hydrogen) atoms. The third-order valence-corrected chi connectivity index (χ3v) is 5.74. The SMILES string of the molecule is CCNC(=NCC(c1cccs1)N(C)C)N1CCN(c2cnn(C)c2)C(=O)C1.I. The first-order valence-electron chi connectivity index (χ1n) is 9.51. The molecule has 0 aliphatic carbocycles. The number of guanidine groups is 1. The minimum Gasteiger partial charge on any atom is -0.357 e. The summed E-state index contributed by atoms with van der Waals surface area (Å²) >= 11 is 1.75. The van der Waals surface area contributed by atoms with Gasteiger partial charge in [0.05, 0.1) is 24.5 Å². The summed E-state index contributed by atoms with van der Waals surface area (Å²) in [6.45, 7) is 5.13. The molecule has 1 saturated heterocycles. The molecule has 0 radical (unpaired) electrons. The molecule has 1 aliphatic heterocycles. The lowest BCUT2D eigenvalue weighted by Gasteiger charge is -2.35. The molecule has 1 unspecified atom stereocenters. The summed E-state index contributed by atoms with van der Waals surface area (Å²) in [7, 11) is 6.00. The number of likely N-dealkylation sites (N-methyl/N-ethyl adjacent to an activating group) is 1. The van der Waals surface area contributed by atoms with Crippen LogP contribution in [0.2, 0.25) is 0 Å². The normalized spacial score (nSPS) is 16.2. The number of rotatable bonds is 6. The molecule has 1 amide bonds. The maximum atomic E-state index is 12.7. The summed E-state index contributed by atoms with van der Waals surface area (Å²) in [5, 5.41) is 9.61. The first-order valence-corrected chi connectivity index (χ1v) is 10.4. The van der Waals surface area contributed by atoms with Crippen molar-refractivity contribution in [2.45, 2.75) is 13.0 Å². The van der Waals surface area contributed by atoms with E-state index in [9.17, 15) is 4.79 Å². The fourth-order valence-corrected chi connectivity index (χ4v) is 4.18. The number of nitrogens with zero attached hydrogens (tertiary/aromatic N) is 6. The Balaban J connectivity index is 0.00000300. The van der Waals surface area contributed by atoms with Gasteiger partial charge in [-0.05, 0) is 32.5 Å². The molecule has 1 N–H and O–H groups in total. The van der Waals surface area contributed by atoms with Crippen molar-refractivity contribution in [2.24, 2.45) is 12.0 Å². The van der Waals surface area contributed by atoms with Crippen molar-refractivity contribution in [2.75, 3.05) is 51.7 Å². The highest BCUT2D eigenvalue weighted by molar-refractivity contribution is 14.0. The Morgan fingerprint density at radius 3 is 2.76 bits per heavy atom. The number of aromatic nitrogens is 2. The van der Waals surface area contributed by atoms with Gasteiger partial charge in [0.15, 0.2) is 5.96 Å². The second-order valence-electron chi connectivity index (χ2n) is 7.03. The second kappa shape index (κ2) is 10.9. The first kappa shape index (κ1) is 23.6. The molecule has 10 heteroatoms. The number of halogens is 1. The van der Waals surface area contributed by atoms with Gasteiger partial charge < -0.3 is 20.0 Å². The van der Waals surface area contributed by atoms with Crippen LogP contribution in [0, 0.1) is 0 Å². The first-order chi connectivity index (χ1) is 13.5. The zero-order valence-electron chi connectivity index (χ0n) is 17.4. The number of nitrogens with one attached hydrogen (secondary N) is 1. The van der Waals surface area contributed by atoms with Gasteiger partial charge in [-0.1, -0.05) is 6.07 Å². The zero-order chi connectivity index (χ0) is 20.1. The van der Waals surface area contributed by atoms with E-state index in [0.717, 1.165) is 24.7 Å². The molecule has 3 rings (SSSR count). The predicted octanol–water partition coefficient (Wildman–Crippen LogP) is 2.02. The summed E-state index contributed by atoms with van der Waals surface area (Å²) in [4.78, 5) is 24.9. The molecule has 0 bridgehead atoms. The number of carbonyl (C=O) groups excluding carboxylic acids is 1. The molecule has 1 aliphatic rings. The molecule has 3 heterocycles. The van der Waals surface area contributed by atoms with Crippen molar-refractivity contribution in [3.05, 3.63) is 34.8 Å². The van der Waals surface area contributed by atoms with Crippen LogP contribution in [0.25, 0.3) is 0 Å². The minimum absolute atomic E-state index is 0. The van der Waals surface area contributed by atoms with Gasteiger partial charge >= 0.3 is 0 Å². The van der Waals surface area contributed by atoms with E-state index in [0.29, 0.717) is 19.6 Å². The monoisotopic (exact) mass is 531 g/mol. The van der Waals surface area contributed by atoms with Crippen LogP contribution in [0.3, 0.4) is 0 Å². The van der Waals surface area contributed by atoms with E-state index in [2.05, 4.69) is 46.9 Å². The van der Waals surface area contributed by atoms with Crippen LogP contribution in [-0.2, 0) is 11.8 Å². The standard InChI is InChI=1S/C19H29N7OS.HI/c1-5-20-19(21-12-16(23(2)3)17-7-6-10-28-17)25-8-9-26(18(27)14-25)15-11-22-24(4)13-15;/h6-7,10-11,13,16H,5,8-9,12,14H2,1-4H3,(H,20,21);1H. The number of hydrogen-bond donors (Lipinski definition) is 1. The predicted molar refractivity (Wildman–Crippen MR) is 129 cm³/mol. The number of aliphatic imine (C=N–C) groups is 1. The van der Waals surface area contributed by atoms with E-state index in [1.54, 1.807) is 27.1 Å². The molecular weight excluding hydrogens is 501 g/mol. The van der Waals surface area contributed by atoms with Crippen LogP contribution < -0.4 is 10.2 Å². The second-order valence-corrected chi connectivity index (χ2v) is 8.01. The summed E-state index contributed by atoms with van der Waals surface area (Å²) in [5.74, 6) is 0.859. The lowest BCUT2D eigenvalue weighted by molar-refractivity contribution is -0.120. The van der Waals surface area contributed by atoms with Crippen molar-refractivity contribution in [3.63, 3.8) is 0 Å². The van der Waals surface area contributed by atoms with Crippen molar-refractivity contribution < 1.29 is 4.79 Å². The van der Waals surface area contributed by atoms with Gasteiger partial charge in [-0.25, -0.2) is 0 Å². The molecule has 2 aromatic heterocycles. The maximum Gasteiger partial charge on any atom is 0.246 e.